The van der Waals surface area contributed by atoms with E-state index in [1.54, 1.807) is 11.3 Å². The van der Waals surface area contributed by atoms with Crippen LogP contribution in [0.15, 0.2) is 23.7 Å². The van der Waals surface area contributed by atoms with Gasteiger partial charge in [0, 0.05) is 22.0 Å². The number of aromatic nitrogens is 1. The van der Waals surface area contributed by atoms with Crippen molar-refractivity contribution in [1.82, 2.24) is 4.98 Å². The number of aryl methyl sites for hydroxylation is 1. The third-order valence-electron chi connectivity index (χ3n) is 2.22. The molecule has 0 aliphatic carbocycles. The first-order chi connectivity index (χ1) is 7.59. The molecule has 0 aliphatic rings. The highest BCUT2D eigenvalue weighted by molar-refractivity contribution is 7.10. The van der Waals surface area contributed by atoms with E-state index in [1.165, 1.54) is 12.3 Å². The van der Waals surface area contributed by atoms with Crippen molar-refractivity contribution >= 4 is 23.0 Å². The molecule has 82 valence electrons. The minimum atomic E-state index is -1.03. The van der Waals surface area contributed by atoms with Crippen LogP contribution in [-0.2, 0) is 0 Å². The molecule has 16 heavy (non-hydrogen) atoms. The van der Waals surface area contributed by atoms with Crippen LogP contribution in [-0.4, -0.2) is 16.1 Å². The van der Waals surface area contributed by atoms with Crippen LogP contribution < -0.4 is 5.73 Å². The molecule has 0 bridgehead atoms. The molecule has 0 atom stereocenters. The van der Waals surface area contributed by atoms with E-state index in [0.29, 0.717) is 5.69 Å². The van der Waals surface area contributed by atoms with E-state index in [-0.39, 0.29) is 11.3 Å². The molecule has 2 aromatic rings. The zero-order valence-corrected chi connectivity index (χ0v) is 9.41. The van der Waals surface area contributed by atoms with Gasteiger partial charge in [-0.1, -0.05) is 0 Å². The summed E-state index contributed by atoms with van der Waals surface area (Å²) in [6, 6.07) is 3.34. The Labute approximate surface area is 96.4 Å². The molecule has 0 unspecified atom stereocenters. The average Bonchev–Trinajstić information content (AvgIpc) is 2.64. The molecule has 0 fully saturated rings. The molecule has 0 spiro atoms. The van der Waals surface area contributed by atoms with Gasteiger partial charge in [-0.25, -0.2) is 4.79 Å². The van der Waals surface area contributed by atoms with Crippen LogP contribution in [0.4, 0.5) is 5.69 Å². The van der Waals surface area contributed by atoms with E-state index in [9.17, 15) is 4.79 Å². The molecule has 2 rings (SSSR count). The first kappa shape index (κ1) is 10.6. The second-order valence-electron chi connectivity index (χ2n) is 3.37. The Morgan fingerprint density at radius 1 is 1.56 bits per heavy atom. The van der Waals surface area contributed by atoms with E-state index in [1.807, 2.05) is 18.4 Å². The van der Waals surface area contributed by atoms with Crippen molar-refractivity contribution in [1.29, 1.82) is 0 Å². The predicted octanol–water partition coefficient (Wildman–Crippen LogP) is 2.40. The Kier molecular flexibility index (Phi) is 2.62. The summed E-state index contributed by atoms with van der Waals surface area (Å²) in [5.41, 5.74) is 7.49. The first-order valence-corrected chi connectivity index (χ1v) is 5.51. The van der Waals surface area contributed by atoms with E-state index >= 15 is 0 Å². The van der Waals surface area contributed by atoms with E-state index < -0.39 is 5.97 Å². The fourth-order valence-corrected chi connectivity index (χ4v) is 2.14. The molecule has 0 amide bonds. The number of rotatable bonds is 2. The van der Waals surface area contributed by atoms with Gasteiger partial charge in [0.25, 0.3) is 0 Å². The van der Waals surface area contributed by atoms with E-state index in [2.05, 4.69) is 4.98 Å². The number of nitrogens with two attached hydrogens (primary N) is 1. The zero-order valence-electron chi connectivity index (χ0n) is 8.60. The summed E-state index contributed by atoms with van der Waals surface area (Å²) in [4.78, 5) is 16.2. The Hall–Kier alpha value is -1.88. The second-order valence-corrected chi connectivity index (χ2v) is 4.49. The highest BCUT2D eigenvalue weighted by Crippen LogP contribution is 2.29. The Bertz CT molecular complexity index is 549. The summed E-state index contributed by atoms with van der Waals surface area (Å²) in [6.07, 6.45) is 1.46. The molecule has 0 saturated heterocycles. The Morgan fingerprint density at radius 2 is 2.31 bits per heavy atom. The van der Waals surface area contributed by atoms with Crippen molar-refractivity contribution in [3.8, 4) is 11.3 Å². The summed E-state index contributed by atoms with van der Waals surface area (Å²) in [5.74, 6) is -1.03. The standard InChI is InChI=1S/C11H10N2O2S/c1-6-4-7(5-16-6)10-9(12)8(11(14)15)2-3-13-10/h2-5H,12H2,1H3,(H,14,15). The number of nitrogen functional groups attached to an aromatic ring is 1. The number of hydrogen-bond acceptors (Lipinski definition) is 4. The van der Waals surface area contributed by atoms with Gasteiger partial charge in [-0.3, -0.25) is 4.98 Å². The van der Waals surface area contributed by atoms with Gasteiger partial charge in [0.05, 0.1) is 16.9 Å². The zero-order chi connectivity index (χ0) is 11.7. The lowest BCUT2D eigenvalue weighted by molar-refractivity contribution is 0.0698. The lowest BCUT2D eigenvalue weighted by Gasteiger charge is -2.05. The maximum atomic E-state index is 10.9. The smallest absolute Gasteiger partial charge is 0.337 e. The van der Waals surface area contributed by atoms with Gasteiger partial charge in [-0.15, -0.1) is 11.3 Å². The van der Waals surface area contributed by atoms with Gasteiger partial charge in [0.2, 0.25) is 0 Å². The van der Waals surface area contributed by atoms with E-state index in [0.717, 1.165) is 10.4 Å². The fourth-order valence-electron chi connectivity index (χ4n) is 1.46. The van der Waals surface area contributed by atoms with Crippen LogP contribution in [0.2, 0.25) is 0 Å². The number of hydrogen-bond donors (Lipinski definition) is 2. The van der Waals surface area contributed by atoms with Gasteiger partial charge in [0.15, 0.2) is 0 Å². The van der Waals surface area contributed by atoms with Crippen LogP contribution in [0.1, 0.15) is 15.2 Å². The summed E-state index contributed by atoms with van der Waals surface area (Å²) < 4.78 is 0. The lowest BCUT2D eigenvalue weighted by Crippen LogP contribution is -2.04. The SMILES string of the molecule is Cc1cc(-c2nccc(C(=O)O)c2N)cs1. The largest absolute Gasteiger partial charge is 0.478 e. The minimum Gasteiger partial charge on any atom is -0.478 e. The van der Waals surface area contributed by atoms with Crippen LogP contribution in [0.5, 0.6) is 0 Å². The van der Waals surface area contributed by atoms with Crippen molar-refractivity contribution in [2.45, 2.75) is 6.92 Å². The normalized spacial score (nSPS) is 10.3. The fraction of sp³-hybridized carbons (Fsp3) is 0.0909. The summed E-state index contributed by atoms with van der Waals surface area (Å²) in [7, 11) is 0. The highest BCUT2D eigenvalue weighted by Gasteiger charge is 2.14. The molecule has 0 aromatic carbocycles. The quantitative estimate of drug-likeness (QED) is 0.836. The Morgan fingerprint density at radius 3 is 2.88 bits per heavy atom. The van der Waals surface area contributed by atoms with E-state index in [4.69, 9.17) is 10.8 Å². The second kappa shape index (κ2) is 3.94. The van der Waals surface area contributed by atoms with Crippen molar-refractivity contribution in [3.05, 3.63) is 34.2 Å². The molecular weight excluding hydrogens is 224 g/mol. The molecule has 5 heteroatoms. The van der Waals surface area contributed by atoms with Crippen LogP contribution in [0, 0.1) is 6.92 Å². The number of anilines is 1. The number of aromatic carboxylic acids is 1. The van der Waals surface area contributed by atoms with Gasteiger partial charge in [0.1, 0.15) is 0 Å². The number of pyridine rings is 1. The van der Waals surface area contributed by atoms with Gasteiger partial charge in [-0.05, 0) is 19.1 Å². The van der Waals surface area contributed by atoms with Gasteiger partial charge in [-0.2, -0.15) is 0 Å². The molecule has 0 aliphatic heterocycles. The van der Waals surface area contributed by atoms with Crippen LogP contribution in [0.25, 0.3) is 11.3 Å². The molecule has 4 nitrogen and oxygen atoms in total. The number of nitrogens with zero attached hydrogens (tertiary/aromatic N) is 1. The monoisotopic (exact) mass is 234 g/mol. The van der Waals surface area contributed by atoms with Crippen molar-refractivity contribution in [3.63, 3.8) is 0 Å². The lowest BCUT2D eigenvalue weighted by atomic mass is 10.1. The molecular formula is C11H10N2O2S. The Balaban J connectivity index is 2.58. The summed E-state index contributed by atoms with van der Waals surface area (Å²) >= 11 is 1.58. The third kappa shape index (κ3) is 1.77. The average molecular weight is 234 g/mol. The summed E-state index contributed by atoms with van der Waals surface area (Å²) in [6.45, 7) is 1.98. The predicted molar refractivity (Wildman–Crippen MR) is 63.7 cm³/mol. The summed E-state index contributed by atoms with van der Waals surface area (Å²) in [5, 5.41) is 10.9. The number of carboxylic acid groups (broad SMARTS) is 1. The van der Waals surface area contributed by atoms with Crippen molar-refractivity contribution in [2.24, 2.45) is 0 Å². The minimum absolute atomic E-state index is 0.0915. The first-order valence-electron chi connectivity index (χ1n) is 4.63. The van der Waals surface area contributed by atoms with Gasteiger partial charge >= 0.3 is 5.97 Å². The highest BCUT2D eigenvalue weighted by atomic mass is 32.1. The molecule has 3 N–H and O–H groups in total. The number of thiophene rings is 1. The van der Waals surface area contributed by atoms with Crippen LogP contribution in [0.3, 0.4) is 0 Å². The third-order valence-corrected chi connectivity index (χ3v) is 3.09. The maximum absolute atomic E-state index is 10.9. The number of carbonyl (C=O) groups is 1. The van der Waals surface area contributed by atoms with Crippen molar-refractivity contribution < 1.29 is 9.90 Å². The van der Waals surface area contributed by atoms with Crippen molar-refractivity contribution in [2.75, 3.05) is 5.73 Å². The molecule has 2 aromatic heterocycles. The molecule has 2 heterocycles. The number of carboxylic acids is 1. The van der Waals surface area contributed by atoms with Gasteiger partial charge < -0.3 is 10.8 Å². The molecule has 0 radical (unpaired) electrons. The van der Waals surface area contributed by atoms with Crippen LogP contribution >= 0.6 is 11.3 Å². The topological polar surface area (TPSA) is 76.2 Å². The maximum Gasteiger partial charge on any atom is 0.337 e. The molecule has 0 saturated carbocycles.